The van der Waals surface area contributed by atoms with Crippen LogP contribution in [0.3, 0.4) is 0 Å². The van der Waals surface area contributed by atoms with Crippen molar-refractivity contribution in [3.63, 3.8) is 0 Å². The van der Waals surface area contributed by atoms with E-state index >= 15 is 0 Å². The average molecular weight is 346 g/mol. The van der Waals surface area contributed by atoms with Gasteiger partial charge >= 0.3 is 6.18 Å². The molecule has 1 heterocycles. The Kier molecular flexibility index (Phi) is 4.85. The second-order valence-electron chi connectivity index (χ2n) is 4.50. The van der Waals surface area contributed by atoms with Gasteiger partial charge in [-0.25, -0.2) is 23.1 Å². The molecule has 2 N–H and O–H groups in total. The van der Waals surface area contributed by atoms with Crippen LogP contribution in [0.1, 0.15) is 11.1 Å². The molecule has 0 atom stereocenters. The zero-order valence-electron chi connectivity index (χ0n) is 11.9. The predicted molar refractivity (Wildman–Crippen MR) is 77.0 cm³/mol. The number of halogens is 3. The molecule has 2 aromatic rings. The molecule has 23 heavy (non-hydrogen) atoms. The van der Waals surface area contributed by atoms with Crippen molar-refractivity contribution >= 4 is 15.8 Å². The summed E-state index contributed by atoms with van der Waals surface area (Å²) in [6, 6.07) is 4.68. The van der Waals surface area contributed by atoms with E-state index in [0.717, 1.165) is 18.3 Å². The molecule has 0 fully saturated rings. The lowest BCUT2D eigenvalue weighted by molar-refractivity contribution is -0.137. The highest BCUT2D eigenvalue weighted by Gasteiger charge is 2.29. The predicted octanol–water partition coefficient (Wildman–Crippen LogP) is 2.02. The van der Waals surface area contributed by atoms with Crippen LogP contribution in [0.2, 0.25) is 0 Å². The third-order valence-corrected chi connectivity index (χ3v) is 4.23. The van der Waals surface area contributed by atoms with E-state index in [0.29, 0.717) is 11.4 Å². The van der Waals surface area contributed by atoms with Crippen LogP contribution in [0.4, 0.5) is 19.0 Å². The van der Waals surface area contributed by atoms with Crippen LogP contribution in [-0.4, -0.2) is 25.4 Å². The third-order valence-electron chi connectivity index (χ3n) is 2.93. The summed E-state index contributed by atoms with van der Waals surface area (Å²) in [5, 5.41) is 2.62. The van der Waals surface area contributed by atoms with Crippen LogP contribution in [0.5, 0.6) is 0 Å². The first-order valence-electron chi connectivity index (χ1n) is 6.38. The number of benzene rings is 1. The molecule has 124 valence electrons. The van der Waals surface area contributed by atoms with E-state index in [-0.39, 0.29) is 11.6 Å². The Morgan fingerprint density at radius 2 is 1.74 bits per heavy atom. The van der Waals surface area contributed by atoms with Gasteiger partial charge in [-0.2, -0.15) is 13.2 Å². The van der Waals surface area contributed by atoms with Gasteiger partial charge < -0.3 is 5.32 Å². The minimum atomic E-state index is -4.37. The Morgan fingerprint density at radius 1 is 1.09 bits per heavy atom. The molecule has 0 bridgehead atoms. The third kappa shape index (κ3) is 4.39. The largest absolute Gasteiger partial charge is 0.416 e. The number of nitrogens with one attached hydrogen (secondary N) is 2. The second kappa shape index (κ2) is 6.50. The molecule has 0 unspecified atom stereocenters. The SMILES string of the molecule is CNS(=O)(=O)c1cnc(NCc2ccc(C(F)(F)F)cc2)cn1. The summed E-state index contributed by atoms with van der Waals surface area (Å²) < 4.78 is 62.4. The molecule has 1 aromatic heterocycles. The number of aromatic nitrogens is 2. The summed E-state index contributed by atoms with van der Waals surface area (Å²) in [6.45, 7) is 0.227. The number of sulfonamides is 1. The summed E-state index contributed by atoms with van der Waals surface area (Å²) >= 11 is 0. The van der Waals surface area contributed by atoms with E-state index in [4.69, 9.17) is 0 Å². The minimum absolute atomic E-state index is 0.222. The first-order chi connectivity index (χ1) is 10.7. The summed E-state index contributed by atoms with van der Waals surface area (Å²) in [4.78, 5) is 7.65. The molecule has 0 amide bonds. The topological polar surface area (TPSA) is 84.0 Å². The van der Waals surface area contributed by atoms with Crippen LogP contribution >= 0.6 is 0 Å². The summed E-state index contributed by atoms with van der Waals surface area (Å²) in [5.74, 6) is 0.306. The normalized spacial score (nSPS) is 12.2. The molecule has 0 saturated carbocycles. The van der Waals surface area contributed by atoms with E-state index in [9.17, 15) is 21.6 Å². The van der Waals surface area contributed by atoms with Crippen molar-refractivity contribution in [2.75, 3.05) is 12.4 Å². The maximum absolute atomic E-state index is 12.4. The van der Waals surface area contributed by atoms with Crippen LogP contribution < -0.4 is 10.0 Å². The highest BCUT2D eigenvalue weighted by Crippen LogP contribution is 2.29. The van der Waals surface area contributed by atoms with Gasteiger partial charge in [0, 0.05) is 6.54 Å². The first-order valence-corrected chi connectivity index (χ1v) is 7.86. The van der Waals surface area contributed by atoms with E-state index in [1.54, 1.807) is 0 Å². The number of nitrogens with zero attached hydrogens (tertiary/aromatic N) is 2. The Morgan fingerprint density at radius 3 is 2.22 bits per heavy atom. The molecule has 1 aromatic carbocycles. The molecule has 10 heteroatoms. The van der Waals surface area contributed by atoms with Gasteiger partial charge in [0.25, 0.3) is 10.0 Å². The van der Waals surface area contributed by atoms with Crippen LogP contribution in [-0.2, 0) is 22.7 Å². The fourth-order valence-corrected chi connectivity index (χ4v) is 2.25. The fourth-order valence-electron chi connectivity index (χ4n) is 1.66. The van der Waals surface area contributed by atoms with Crippen molar-refractivity contribution < 1.29 is 21.6 Å². The molecule has 0 aliphatic carbocycles. The van der Waals surface area contributed by atoms with Gasteiger partial charge in [-0.3, -0.25) is 0 Å². The zero-order chi connectivity index (χ0) is 17.1. The van der Waals surface area contributed by atoms with Crippen molar-refractivity contribution in [2.45, 2.75) is 17.7 Å². The van der Waals surface area contributed by atoms with E-state index in [1.807, 2.05) is 0 Å². The standard InChI is InChI=1S/C13H13F3N4O2S/c1-17-23(21,22)12-8-19-11(7-20-12)18-6-9-2-4-10(5-3-9)13(14,15)16/h2-5,7-8,17H,6H2,1H3,(H,18,19). The fraction of sp³-hybridized carbons (Fsp3) is 0.231. The Labute approximate surface area is 130 Å². The Balaban J connectivity index is 2.01. The molecule has 2 rings (SSSR count). The highest BCUT2D eigenvalue weighted by atomic mass is 32.2. The van der Waals surface area contributed by atoms with Crippen LogP contribution in [0, 0.1) is 0 Å². The Hall–Kier alpha value is -2.20. The minimum Gasteiger partial charge on any atom is -0.365 e. The lowest BCUT2D eigenvalue weighted by atomic mass is 10.1. The van der Waals surface area contributed by atoms with E-state index in [1.165, 1.54) is 25.4 Å². The molecule has 0 aliphatic heterocycles. The summed E-state index contributed by atoms with van der Waals surface area (Å²) in [6.07, 6.45) is -2.05. The molecular formula is C13H13F3N4O2S. The van der Waals surface area contributed by atoms with E-state index < -0.39 is 21.8 Å². The summed E-state index contributed by atoms with van der Waals surface area (Å²) in [7, 11) is -2.40. The van der Waals surface area contributed by atoms with Crippen LogP contribution in [0.15, 0.2) is 41.7 Å². The van der Waals surface area contributed by atoms with Crippen molar-refractivity contribution in [1.82, 2.24) is 14.7 Å². The number of anilines is 1. The van der Waals surface area contributed by atoms with Gasteiger partial charge in [0.05, 0.1) is 18.0 Å². The second-order valence-corrected chi connectivity index (χ2v) is 6.33. The number of hydrogen-bond donors (Lipinski definition) is 2. The first kappa shape index (κ1) is 17.2. The molecule has 0 radical (unpaired) electrons. The van der Waals surface area contributed by atoms with Crippen molar-refractivity contribution in [3.8, 4) is 0 Å². The van der Waals surface area contributed by atoms with Gasteiger partial charge in [-0.05, 0) is 24.7 Å². The van der Waals surface area contributed by atoms with Crippen molar-refractivity contribution in [1.29, 1.82) is 0 Å². The highest BCUT2D eigenvalue weighted by molar-refractivity contribution is 7.89. The average Bonchev–Trinajstić information content (AvgIpc) is 2.53. The Bertz CT molecular complexity index is 759. The van der Waals surface area contributed by atoms with Gasteiger partial charge in [0.1, 0.15) is 5.82 Å². The van der Waals surface area contributed by atoms with Crippen molar-refractivity contribution in [2.24, 2.45) is 0 Å². The van der Waals surface area contributed by atoms with Crippen molar-refractivity contribution in [3.05, 3.63) is 47.8 Å². The maximum atomic E-state index is 12.4. The lowest BCUT2D eigenvalue weighted by Crippen LogP contribution is -2.20. The van der Waals surface area contributed by atoms with Gasteiger partial charge in [0.15, 0.2) is 5.03 Å². The zero-order valence-corrected chi connectivity index (χ0v) is 12.7. The number of hydrogen-bond acceptors (Lipinski definition) is 5. The van der Waals surface area contributed by atoms with E-state index in [2.05, 4.69) is 20.0 Å². The molecule has 0 saturated heterocycles. The van der Waals surface area contributed by atoms with Gasteiger partial charge in [0.2, 0.25) is 0 Å². The molecular weight excluding hydrogens is 333 g/mol. The molecule has 6 nitrogen and oxygen atoms in total. The smallest absolute Gasteiger partial charge is 0.365 e. The maximum Gasteiger partial charge on any atom is 0.416 e. The summed E-state index contributed by atoms with van der Waals surface area (Å²) in [5.41, 5.74) is -0.102. The molecule has 0 spiro atoms. The number of alkyl halides is 3. The van der Waals surface area contributed by atoms with Gasteiger partial charge in [-0.15, -0.1) is 0 Å². The molecule has 0 aliphatic rings. The lowest BCUT2D eigenvalue weighted by Gasteiger charge is -2.09. The van der Waals surface area contributed by atoms with Gasteiger partial charge in [-0.1, -0.05) is 12.1 Å². The number of rotatable bonds is 5. The van der Waals surface area contributed by atoms with Crippen LogP contribution in [0.25, 0.3) is 0 Å². The quantitative estimate of drug-likeness (QED) is 0.865. The monoisotopic (exact) mass is 346 g/mol.